The number of fused-ring (bicyclic) bond motifs is 2. The Morgan fingerprint density at radius 1 is 1.20 bits per heavy atom. The highest BCUT2D eigenvalue weighted by Crippen LogP contribution is 2.48. The number of anilines is 1. The maximum atomic E-state index is 14.4. The summed E-state index contributed by atoms with van der Waals surface area (Å²) in [6.45, 7) is 2.94. The van der Waals surface area contributed by atoms with E-state index in [4.69, 9.17) is 29.0 Å². The lowest BCUT2D eigenvalue weighted by Crippen LogP contribution is -2.38. The molecule has 5 unspecified atom stereocenters. The third-order valence-electron chi connectivity index (χ3n) is 8.29. The van der Waals surface area contributed by atoms with Crippen LogP contribution in [0.2, 0.25) is 0 Å². The van der Waals surface area contributed by atoms with Crippen LogP contribution in [-0.4, -0.2) is 68.2 Å². The second-order valence-electron chi connectivity index (χ2n) is 12.0. The molecule has 246 valence electrons. The van der Waals surface area contributed by atoms with Crippen LogP contribution in [0, 0.1) is 0 Å². The van der Waals surface area contributed by atoms with Crippen LogP contribution >= 0.6 is 7.75 Å². The number of esters is 1. The Kier molecular flexibility index (Phi) is 9.17. The van der Waals surface area contributed by atoms with Gasteiger partial charge in [-0.1, -0.05) is 42.8 Å². The van der Waals surface area contributed by atoms with E-state index in [1.807, 2.05) is 30.3 Å². The highest BCUT2D eigenvalue weighted by Gasteiger charge is 2.47. The molecule has 14 nitrogen and oxygen atoms in total. The molecule has 6 rings (SSSR count). The van der Waals surface area contributed by atoms with Crippen LogP contribution in [0.3, 0.4) is 0 Å². The van der Waals surface area contributed by atoms with Crippen molar-refractivity contribution in [2.45, 2.75) is 82.5 Å². The summed E-state index contributed by atoms with van der Waals surface area (Å²) in [4.78, 5) is 25.7. The van der Waals surface area contributed by atoms with Gasteiger partial charge in [0.2, 0.25) is 11.8 Å². The Labute approximate surface area is 266 Å². The predicted molar refractivity (Wildman–Crippen MR) is 169 cm³/mol. The summed E-state index contributed by atoms with van der Waals surface area (Å²) in [7, 11) is -2.78. The molecule has 0 bridgehead atoms. The van der Waals surface area contributed by atoms with Crippen molar-refractivity contribution >= 4 is 41.6 Å². The molecule has 1 aliphatic heterocycles. The summed E-state index contributed by atoms with van der Waals surface area (Å²) in [6.07, 6.45) is 4.45. The first kappa shape index (κ1) is 32.1. The molecule has 0 radical (unpaired) electrons. The first-order valence-electron chi connectivity index (χ1n) is 15.4. The van der Waals surface area contributed by atoms with E-state index in [9.17, 15) is 14.5 Å². The first-order valence-corrected chi connectivity index (χ1v) is 16.9. The third kappa shape index (κ3) is 6.81. The summed E-state index contributed by atoms with van der Waals surface area (Å²) in [6, 6.07) is 11.9. The van der Waals surface area contributed by atoms with Crippen LogP contribution in [0.5, 0.6) is 11.6 Å². The summed E-state index contributed by atoms with van der Waals surface area (Å²) < 4.78 is 45.2. The molecule has 5 atom stereocenters. The van der Waals surface area contributed by atoms with Crippen LogP contribution in [0.15, 0.2) is 48.8 Å². The van der Waals surface area contributed by atoms with Gasteiger partial charge < -0.3 is 29.6 Å². The minimum atomic E-state index is -4.22. The molecule has 4 aromatic rings. The Balaban J connectivity index is 1.22. The number of nitrogens with two attached hydrogens (primary N) is 1. The number of nitrogens with one attached hydrogen (secondary N) is 1. The Morgan fingerprint density at radius 3 is 2.74 bits per heavy atom. The maximum Gasteiger partial charge on any atom is 0.459 e. The normalized spacial score (nSPS) is 24.1. The number of nitrogen functional groups attached to an aromatic ring is 1. The van der Waals surface area contributed by atoms with Gasteiger partial charge in [0.25, 0.3) is 0 Å². The molecule has 0 amide bonds. The van der Waals surface area contributed by atoms with Gasteiger partial charge in [0.05, 0.1) is 26.1 Å². The van der Waals surface area contributed by atoms with Gasteiger partial charge >= 0.3 is 13.7 Å². The van der Waals surface area contributed by atoms with Gasteiger partial charge in [-0.05, 0) is 51.0 Å². The van der Waals surface area contributed by atoms with Crippen LogP contribution in [0.25, 0.3) is 21.9 Å². The molecule has 2 aromatic heterocycles. The SMILES string of the molecule is COc1nc(N)nc2c1ncn2C1OC(COP(=O)(NC(C)C(=O)OC2CCCCC2)Oc2cccc3ccccc23)CC1(C)O. The zero-order valence-corrected chi connectivity index (χ0v) is 26.9. The molecule has 15 heteroatoms. The summed E-state index contributed by atoms with van der Waals surface area (Å²) in [5.74, 6) is -0.0685. The summed E-state index contributed by atoms with van der Waals surface area (Å²) in [5.41, 5.74) is 5.14. The second-order valence-corrected chi connectivity index (χ2v) is 13.7. The lowest BCUT2D eigenvalue weighted by atomic mass is 9.98. The monoisotopic (exact) mass is 654 g/mol. The van der Waals surface area contributed by atoms with E-state index in [1.54, 1.807) is 30.5 Å². The quantitative estimate of drug-likeness (QED) is 0.150. The van der Waals surface area contributed by atoms with Crippen molar-refractivity contribution in [3.8, 4) is 11.6 Å². The number of hydrogen-bond acceptors (Lipinski definition) is 12. The number of aromatic nitrogens is 4. The van der Waals surface area contributed by atoms with Gasteiger partial charge in [0.15, 0.2) is 17.4 Å². The number of rotatable bonds is 11. The van der Waals surface area contributed by atoms with E-state index in [0.717, 1.165) is 42.9 Å². The number of nitrogens with zero attached hydrogens (tertiary/aromatic N) is 4. The fraction of sp³-hybridized carbons (Fsp3) is 0.484. The smallest absolute Gasteiger partial charge is 0.459 e. The van der Waals surface area contributed by atoms with E-state index in [2.05, 4.69) is 20.0 Å². The zero-order valence-electron chi connectivity index (χ0n) is 26.0. The zero-order chi connectivity index (χ0) is 32.5. The van der Waals surface area contributed by atoms with Crippen LogP contribution in [0.4, 0.5) is 5.95 Å². The molecule has 1 saturated heterocycles. The van der Waals surface area contributed by atoms with Crippen LogP contribution < -0.4 is 20.1 Å². The van der Waals surface area contributed by atoms with Gasteiger partial charge in [-0.2, -0.15) is 15.1 Å². The van der Waals surface area contributed by atoms with Crippen molar-refractivity contribution in [3.63, 3.8) is 0 Å². The number of methoxy groups -OCH3 is 1. The van der Waals surface area contributed by atoms with Crippen molar-refractivity contribution in [2.75, 3.05) is 19.5 Å². The molecule has 2 fully saturated rings. The molecule has 1 saturated carbocycles. The van der Waals surface area contributed by atoms with E-state index in [0.29, 0.717) is 16.9 Å². The molecule has 1 aliphatic carbocycles. The molecule has 0 spiro atoms. The van der Waals surface area contributed by atoms with Crippen molar-refractivity contribution in [1.82, 2.24) is 24.6 Å². The van der Waals surface area contributed by atoms with Crippen LogP contribution in [-0.2, 0) is 23.4 Å². The minimum Gasteiger partial charge on any atom is -0.479 e. The minimum absolute atomic E-state index is 0.0302. The van der Waals surface area contributed by atoms with Gasteiger partial charge in [-0.3, -0.25) is 13.9 Å². The number of carbonyl (C=O) groups excluding carboxylic acids is 1. The predicted octanol–water partition coefficient (Wildman–Crippen LogP) is 4.67. The molecule has 2 aliphatic rings. The van der Waals surface area contributed by atoms with Gasteiger partial charge in [0, 0.05) is 11.8 Å². The van der Waals surface area contributed by atoms with Crippen molar-refractivity contribution in [1.29, 1.82) is 0 Å². The van der Waals surface area contributed by atoms with E-state index >= 15 is 0 Å². The third-order valence-corrected chi connectivity index (χ3v) is 9.92. The van der Waals surface area contributed by atoms with Gasteiger partial charge in [0.1, 0.15) is 23.5 Å². The molecule has 3 heterocycles. The fourth-order valence-electron chi connectivity index (χ4n) is 6.04. The molecule has 2 aromatic carbocycles. The lowest BCUT2D eigenvalue weighted by Gasteiger charge is -2.27. The number of hydrogen-bond donors (Lipinski definition) is 3. The highest BCUT2D eigenvalue weighted by molar-refractivity contribution is 7.52. The van der Waals surface area contributed by atoms with Crippen molar-refractivity contribution < 1.29 is 37.7 Å². The van der Waals surface area contributed by atoms with E-state index in [1.165, 1.54) is 13.4 Å². The first-order chi connectivity index (χ1) is 22.0. The summed E-state index contributed by atoms with van der Waals surface area (Å²) in [5, 5.41) is 15.8. The topological polar surface area (TPSA) is 182 Å². The van der Waals surface area contributed by atoms with Crippen LogP contribution in [0.1, 0.15) is 58.6 Å². The molecular weight excluding hydrogens is 615 g/mol. The second kappa shape index (κ2) is 13.1. The van der Waals surface area contributed by atoms with Gasteiger partial charge in [-0.25, -0.2) is 9.55 Å². The van der Waals surface area contributed by atoms with E-state index < -0.39 is 37.7 Å². The molecular formula is C31H39N6O8P. The Morgan fingerprint density at radius 2 is 1.96 bits per heavy atom. The largest absolute Gasteiger partial charge is 0.479 e. The average molecular weight is 655 g/mol. The average Bonchev–Trinajstić information content (AvgIpc) is 3.59. The highest BCUT2D eigenvalue weighted by atomic mass is 31.2. The fourth-order valence-corrected chi connectivity index (χ4v) is 7.58. The standard InChI is InChI=1S/C31H39N6O8P/c1-19(28(38)43-21-12-5-4-6-13-21)36-46(40,45-24-15-9-11-20-10-7-8-14-23(20)24)42-17-22-16-31(2,39)29(44-22)37-18-33-25-26(37)34-30(32)35-27(25)41-3/h7-11,14-15,18-19,21-22,29,39H,4-6,12-13,16-17H2,1-3H3,(H,36,40)(H2,32,34,35). The number of imidazole rings is 1. The number of benzene rings is 2. The number of carbonyl (C=O) groups is 1. The number of ether oxygens (including phenoxy) is 3. The van der Waals surface area contributed by atoms with Gasteiger partial charge in [-0.15, -0.1) is 0 Å². The van der Waals surface area contributed by atoms with Crippen molar-refractivity contribution in [2.24, 2.45) is 0 Å². The van der Waals surface area contributed by atoms with Crippen molar-refractivity contribution in [3.05, 3.63) is 48.8 Å². The number of aliphatic hydroxyl groups is 1. The molecule has 4 N–H and O–H groups in total. The van der Waals surface area contributed by atoms with E-state index in [-0.39, 0.29) is 31.0 Å². The maximum absolute atomic E-state index is 14.4. The molecule has 46 heavy (non-hydrogen) atoms. The summed E-state index contributed by atoms with van der Waals surface area (Å²) >= 11 is 0. The lowest BCUT2D eigenvalue weighted by molar-refractivity contribution is -0.152. The Bertz CT molecular complexity index is 1750. The Hall–Kier alpha value is -3.81.